The molecule has 0 saturated heterocycles. The first-order chi connectivity index (χ1) is 23.5. The van der Waals surface area contributed by atoms with Crippen molar-refractivity contribution in [1.29, 1.82) is 0 Å². The van der Waals surface area contributed by atoms with Gasteiger partial charge in [0, 0.05) is 55.3 Å². The molecule has 0 amide bonds. The Bertz CT molecular complexity index is 2760. The lowest BCUT2D eigenvalue weighted by molar-refractivity contribution is 0.394. The van der Waals surface area contributed by atoms with E-state index in [9.17, 15) is 0 Å². The number of aromatic nitrogens is 4. The Kier molecular flexibility index (Phi) is 5.77. The molecule has 10 rings (SSSR count). The molecule has 1 aliphatic rings. The lowest BCUT2D eigenvalue weighted by atomic mass is 9.74. The summed E-state index contributed by atoms with van der Waals surface area (Å²) in [5.74, 6) is 0.810. The summed E-state index contributed by atoms with van der Waals surface area (Å²) in [6.45, 7) is 4.48. The van der Waals surface area contributed by atoms with Crippen LogP contribution >= 0.6 is 11.8 Å². The van der Waals surface area contributed by atoms with Gasteiger partial charge in [-0.25, -0.2) is 14.4 Å². The van der Waals surface area contributed by atoms with Gasteiger partial charge in [0.2, 0.25) is 0 Å². The molecule has 1 unspecified atom stereocenters. The molecule has 48 heavy (non-hydrogen) atoms. The van der Waals surface area contributed by atoms with E-state index in [4.69, 9.17) is 9.97 Å². The highest BCUT2D eigenvalue weighted by atomic mass is 32.2. The zero-order valence-electron chi connectivity index (χ0n) is 26.4. The van der Waals surface area contributed by atoms with Crippen LogP contribution < -0.4 is 0 Å². The second-order valence-electron chi connectivity index (χ2n) is 13.1. The summed E-state index contributed by atoms with van der Waals surface area (Å²) in [6, 6.07) is 39.5. The smallest absolute Gasteiger partial charge is 0.151 e. The van der Waals surface area contributed by atoms with E-state index in [1.807, 2.05) is 55.0 Å². The number of alkyl halides is 1. The van der Waals surface area contributed by atoms with Gasteiger partial charge in [-0.3, -0.25) is 8.97 Å². The van der Waals surface area contributed by atoms with Crippen LogP contribution in [-0.4, -0.2) is 18.9 Å². The minimum Gasteiger partial charge on any atom is -0.299 e. The van der Waals surface area contributed by atoms with Crippen LogP contribution in [0.1, 0.15) is 42.3 Å². The van der Waals surface area contributed by atoms with E-state index in [0.29, 0.717) is 11.1 Å². The van der Waals surface area contributed by atoms with Crippen LogP contribution in [0.3, 0.4) is 0 Å². The molecule has 4 nitrogen and oxygen atoms in total. The lowest BCUT2D eigenvalue weighted by Crippen LogP contribution is -2.26. The van der Waals surface area contributed by atoms with E-state index in [2.05, 4.69) is 102 Å². The zero-order valence-corrected chi connectivity index (χ0v) is 27.2. The van der Waals surface area contributed by atoms with E-state index in [-0.39, 0.29) is 0 Å². The number of pyridine rings is 2. The summed E-state index contributed by atoms with van der Waals surface area (Å²) in [7, 11) is 0. The van der Waals surface area contributed by atoms with Crippen molar-refractivity contribution in [2.24, 2.45) is 0 Å². The first kappa shape index (κ1) is 27.6. The van der Waals surface area contributed by atoms with Crippen molar-refractivity contribution >= 4 is 60.9 Å². The average molecular weight is 641 g/mol. The maximum atomic E-state index is 17.8. The van der Waals surface area contributed by atoms with Gasteiger partial charge >= 0.3 is 0 Å². The summed E-state index contributed by atoms with van der Waals surface area (Å²) < 4.78 is 22.1. The summed E-state index contributed by atoms with van der Waals surface area (Å²) in [5, 5.41) is 5.40. The summed E-state index contributed by atoms with van der Waals surface area (Å²) in [6.07, 6.45) is 4.23. The molecule has 0 saturated carbocycles. The maximum Gasteiger partial charge on any atom is 0.151 e. The van der Waals surface area contributed by atoms with Gasteiger partial charge < -0.3 is 0 Å². The number of fused-ring (bicyclic) bond motifs is 12. The Morgan fingerprint density at radius 2 is 1.46 bits per heavy atom. The molecule has 5 aromatic carbocycles. The highest BCUT2D eigenvalue weighted by molar-refractivity contribution is 7.99. The predicted octanol–water partition coefficient (Wildman–Crippen LogP) is 11.0. The molecule has 0 spiro atoms. The van der Waals surface area contributed by atoms with Crippen LogP contribution in [0, 0.1) is 0 Å². The second-order valence-corrected chi connectivity index (χ2v) is 14.2. The van der Waals surface area contributed by atoms with E-state index in [1.165, 1.54) is 10.5 Å². The standard InChI is InChI=1S/C42H29FN4S/c1-42(2)31-13-5-8-16-35(31)48-40-37-28-12-4-7-15-33(28)47(36-17-9-10-20-44-36)34(37)24-30(38(40)42)39(43)25-18-19-26-27-11-3-6-14-32(27)46-22-21-45-41(46)29(26)23-25/h3-24,39H,1-2H3. The Morgan fingerprint density at radius 1 is 0.688 bits per heavy atom. The number of benzene rings is 5. The Labute approximate surface area is 280 Å². The van der Waals surface area contributed by atoms with Gasteiger partial charge in [0.25, 0.3) is 0 Å². The third kappa shape index (κ3) is 3.72. The van der Waals surface area contributed by atoms with Crippen molar-refractivity contribution < 1.29 is 4.39 Å². The van der Waals surface area contributed by atoms with Crippen LogP contribution in [0.15, 0.2) is 144 Å². The molecule has 1 aliphatic heterocycles. The summed E-state index contributed by atoms with van der Waals surface area (Å²) >= 11 is 1.76. The summed E-state index contributed by atoms with van der Waals surface area (Å²) in [4.78, 5) is 11.8. The monoisotopic (exact) mass is 640 g/mol. The normalized spacial score (nSPS) is 14.6. The maximum absolute atomic E-state index is 17.8. The fourth-order valence-corrected chi connectivity index (χ4v) is 9.63. The molecule has 4 aromatic heterocycles. The van der Waals surface area contributed by atoms with Crippen molar-refractivity contribution in [2.75, 3.05) is 0 Å². The molecule has 0 bridgehead atoms. The third-order valence-electron chi connectivity index (χ3n) is 10.2. The molecule has 5 heterocycles. The molecular formula is C42H29FN4S. The van der Waals surface area contributed by atoms with Crippen LogP contribution in [0.25, 0.3) is 54.9 Å². The van der Waals surface area contributed by atoms with E-state index >= 15 is 4.39 Å². The molecule has 9 aromatic rings. The zero-order chi connectivity index (χ0) is 32.1. The van der Waals surface area contributed by atoms with E-state index in [0.717, 1.165) is 65.4 Å². The fourth-order valence-electron chi connectivity index (χ4n) is 8.03. The summed E-state index contributed by atoms with van der Waals surface area (Å²) in [5.41, 5.74) is 7.04. The number of para-hydroxylation sites is 2. The van der Waals surface area contributed by atoms with Gasteiger partial charge in [-0.1, -0.05) is 98.4 Å². The van der Waals surface area contributed by atoms with Crippen LogP contribution in [0.4, 0.5) is 4.39 Å². The predicted molar refractivity (Wildman–Crippen MR) is 194 cm³/mol. The molecule has 0 N–H and O–H groups in total. The average Bonchev–Trinajstić information content (AvgIpc) is 3.75. The van der Waals surface area contributed by atoms with Crippen molar-refractivity contribution in [1.82, 2.24) is 18.9 Å². The molecule has 0 radical (unpaired) electrons. The lowest BCUT2D eigenvalue weighted by Gasteiger charge is -2.37. The van der Waals surface area contributed by atoms with Gasteiger partial charge in [0.05, 0.1) is 16.6 Å². The molecule has 1 atom stereocenters. The number of halogens is 1. The molecule has 230 valence electrons. The topological polar surface area (TPSA) is 35.1 Å². The Morgan fingerprint density at radius 3 is 2.31 bits per heavy atom. The van der Waals surface area contributed by atoms with Gasteiger partial charge in [-0.2, -0.15) is 0 Å². The highest BCUT2D eigenvalue weighted by Crippen LogP contribution is 2.56. The van der Waals surface area contributed by atoms with E-state index < -0.39 is 11.6 Å². The minimum atomic E-state index is -1.38. The van der Waals surface area contributed by atoms with Crippen molar-refractivity contribution in [3.63, 3.8) is 0 Å². The van der Waals surface area contributed by atoms with Gasteiger partial charge in [-0.15, -0.1) is 0 Å². The number of imidazole rings is 1. The van der Waals surface area contributed by atoms with Gasteiger partial charge in [0.15, 0.2) is 6.17 Å². The Hall–Kier alpha value is -5.46. The molecule has 0 fully saturated rings. The van der Waals surface area contributed by atoms with Crippen molar-refractivity contribution in [2.45, 2.75) is 35.2 Å². The first-order valence-corrected chi connectivity index (χ1v) is 17.0. The number of hydrogen-bond acceptors (Lipinski definition) is 3. The van der Waals surface area contributed by atoms with Crippen molar-refractivity contribution in [3.8, 4) is 5.82 Å². The van der Waals surface area contributed by atoms with Crippen LogP contribution in [0.5, 0.6) is 0 Å². The second kappa shape index (κ2) is 10.0. The van der Waals surface area contributed by atoms with Crippen molar-refractivity contribution in [3.05, 3.63) is 156 Å². The number of nitrogens with zero attached hydrogens (tertiary/aromatic N) is 4. The SMILES string of the molecule is CC1(C)c2ccccc2Sc2c1c(C(F)c1ccc3c4ccccc4n4ccnc4c3c1)cc1c2c2ccccc2n1-c1ccccn1. The highest BCUT2D eigenvalue weighted by Gasteiger charge is 2.39. The van der Waals surface area contributed by atoms with Crippen LogP contribution in [0.2, 0.25) is 0 Å². The first-order valence-electron chi connectivity index (χ1n) is 16.2. The van der Waals surface area contributed by atoms with Gasteiger partial charge in [0.1, 0.15) is 11.5 Å². The Balaban J connectivity index is 1.30. The molecule has 6 heteroatoms. The quantitative estimate of drug-likeness (QED) is 0.180. The molecular weight excluding hydrogens is 612 g/mol. The van der Waals surface area contributed by atoms with Crippen LogP contribution in [-0.2, 0) is 5.41 Å². The minimum absolute atomic E-state index is 0.442. The largest absolute Gasteiger partial charge is 0.299 e. The fraction of sp³-hybridized carbons (Fsp3) is 0.0952. The number of rotatable bonds is 3. The number of hydrogen-bond donors (Lipinski definition) is 0. The third-order valence-corrected chi connectivity index (χ3v) is 11.4. The van der Waals surface area contributed by atoms with Gasteiger partial charge in [-0.05, 0) is 70.1 Å². The molecule has 0 aliphatic carbocycles. The van der Waals surface area contributed by atoms with E-state index in [1.54, 1.807) is 11.8 Å².